The molecule has 2 N–H and O–H groups in total. The van der Waals surface area contributed by atoms with E-state index in [-0.39, 0.29) is 12.4 Å². The summed E-state index contributed by atoms with van der Waals surface area (Å²) >= 11 is 0. The topological polar surface area (TPSA) is 40.5 Å². The molecule has 0 atom stereocenters. The van der Waals surface area contributed by atoms with Gasteiger partial charge in [-0.2, -0.15) is 0 Å². The van der Waals surface area contributed by atoms with Crippen LogP contribution in [-0.2, 0) is 0 Å². The maximum Gasteiger partial charge on any atom is 0.118 e. The van der Waals surface area contributed by atoms with E-state index in [4.69, 9.17) is 10.2 Å². The summed E-state index contributed by atoms with van der Waals surface area (Å²) in [6, 6.07) is 0. The van der Waals surface area contributed by atoms with Crippen LogP contribution in [-0.4, -0.2) is 16.8 Å². The van der Waals surface area contributed by atoms with E-state index in [2.05, 4.69) is 0 Å². The molecule has 0 unspecified atom stereocenters. The Morgan fingerprint density at radius 3 is 2.67 bits per heavy atom. The Kier molecular flexibility index (Phi) is 4.92. The Balaban J connectivity index is 3.55. The first-order valence-electron chi connectivity index (χ1n) is 2.96. The Morgan fingerprint density at radius 2 is 2.22 bits per heavy atom. The molecule has 0 amide bonds. The molecule has 0 aliphatic rings. The molecule has 2 heteroatoms. The minimum Gasteiger partial charge on any atom is -0.510 e. The first-order chi connectivity index (χ1) is 4.31. The number of aliphatic hydroxyl groups is 2. The fourth-order valence-corrected chi connectivity index (χ4v) is 0.368. The van der Waals surface area contributed by atoms with Crippen LogP contribution in [0.4, 0.5) is 0 Å². The van der Waals surface area contributed by atoms with Crippen LogP contribution in [0.3, 0.4) is 0 Å². The lowest BCUT2D eigenvalue weighted by Crippen LogP contribution is -1.85. The summed E-state index contributed by atoms with van der Waals surface area (Å²) < 4.78 is 0. The van der Waals surface area contributed by atoms with E-state index in [1.54, 1.807) is 6.08 Å². The molecule has 0 aliphatic carbocycles. The number of allylic oxidation sites excluding steroid dienone is 3. The van der Waals surface area contributed by atoms with Gasteiger partial charge in [-0.3, -0.25) is 0 Å². The Morgan fingerprint density at radius 1 is 1.56 bits per heavy atom. The predicted octanol–water partition coefficient (Wildman–Crippen LogP) is 1.39. The monoisotopic (exact) mass is 128 g/mol. The van der Waals surface area contributed by atoms with Gasteiger partial charge in [0.25, 0.3) is 0 Å². The molecule has 0 saturated carbocycles. The maximum atomic E-state index is 8.64. The summed E-state index contributed by atoms with van der Waals surface area (Å²) in [5.74, 6) is -0.000278. The Hall–Kier alpha value is -0.760. The van der Waals surface area contributed by atoms with Crippen molar-refractivity contribution in [1.82, 2.24) is 0 Å². The zero-order valence-corrected chi connectivity index (χ0v) is 5.54. The molecule has 0 saturated heterocycles. The molecule has 0 fully saturated rings. The maximum absolute atomic E-state index is 8.64. The van der Waals surface area contributed by atoms with Crippen molar-refractivity contribution in [1.29, 1.82) is 0 Å². The van der Waals surface area contributed by atoms with Gasteiger partial charge in [0.2, 0.25) is 0 Å². The van der Waals surface area contributed by atoms with Crippen molar-refractivity contribution in [3.05, 3.63) is 24.0 Å². The first kappa shape index (κ1) is 8.24. The zero-order valence-electron chi connectivity index (χ0n) is 5.54. The summed E-state index contributed by atoms with van der Waals surface area (Å²) in [5.41, 5.74) is 0. The molecule has 0 aromatic carbocycles. The van der Waals surface area contributed by atoms with Gasteiger partial charge in [-0.1, -0.05) is 19.1 Å². The molecule has 9 heavy (non-hydrogen) atoms. The summed E-state index contributed by atoms with van der Waals surface area (Å²) in [5, 5.41) is 16.9. The van der Waals surface area contributed by atoms with E-state index >= 15 is 0 Å². The molecule has 0 heterocycles. The number of hydrogen-bond donors (Lipinski definition) is 2. The number of rotatable bonds is 3. The molecule has 0 aliphatic heterocycles. The normalized spacial score (nSPS) is 12.9. The predicted molar refractivity (Wildman–Crippen MR) is 37.2 cm³/mol. The summed E-state index contributed by atoms with van der Waals surface area (Å²) in [6.45, 7) is 1.72. The minimum atomic E-state index is -0.284. The lowest BCUT2D eigenvalue weighted by molar-refractivity contribution is 0.253. The Labute approximate surface area is 55.1 Å². The Bertz CT molecular complexity index is 114. The van der Waals surface area contributed by atoms with Crippen molar-refractivity contribution >= 4 is 0 Å². The molecular weight excluding hydrogens is 116 g/mol. The summed E-state index contributed by atoms with van der Waals surface area (Å²) in [4.78, 5) is 0. The third-order valence-electron chi connectivity index (χ3n) is 0.822. The van der Waals surface area contributed by atoms with Crippen molar-refractivity contribution < 1.29 is 10.2 Å². The van der Waals surface area contributed by atoms with Gasteiger partial charge in [0.15, 0.2) is 0 Å². The highest BCUT2D eigenvalue weighted by Gasteiger charge is 1.81. The van der Waals surface area contributed by atoms with Crippen LogP contribution < -0.4 is 0 Å². The number of aliphatic hydroxyl groups excluding tert-OH is 2. The van der Waals surface area contributed by atoms with Crippen molar-refractivity contribution in [2.24, 2.45) is 0 Å². The van der Waals surface area contributed by atoms with Crippen molar-refractivity contribution in [2.45, 2.75) is 13.3 Å². The molecule has 2 nitrogen and oxygen atoms in total. The molecule has 0 radical (unpaired) electrons. The second kappa shape index (κ2) is 5.38. The molecular formula is C7H12O2. The van der Waals surface area contributed by atoms with E-state index in [0.29, 0.717) is 0 Å². The van der Waals surface area contributed by atoms with E-state index < -0.39 is 0 Å². The summed E-state index contributed by atoms with van der Waals surface area (Å²) in [7, 11) is 0. The van der Waals surface area contributed by atoms with E-state index in [1.165, 1.54) is 6.08 Å². The standard InChI is InChI=1S/C7H12O2/c1-2-3-4-5-7(9)6-8/h3-5,8-9H,2,6H2,1H3. The smallest absolute Gasteiger partial charge is 0.118 e. The van der Waals surface area contributed by atoms with Crippen LogP contribution in [0.25, 0.3) is 0 Å². The van der Waals surface area contributed by atoms with E-state index in [9.17, 15) is 0 Å². The largest absolute Gasteiger partial charge is 0.510 e. The van der Waals surface area contributed by atoms with Crippen LogP contribution in [0.2, 0.25) is 0 Å². The van der Waals surface area contributed by atoms with E-state index in [0.717, 1.165) is 6.42 Å². The van der Waals surface area contributed by atoms with Crippen LogP contribution in [0.15, 0.2) is 24.0 Å². The minimum absolute atomic E-state index is 0.000278. The van der Waals surface area contributed by atoms with Crippen molar-refractivity contribution in [3.8, 4) is 0 Å². The fraction of sp³-hybridized carbons (Fsp3) is 0.429. The molecule has 52 valence electrons. The van der Waals surface area contributed by atoms with Gasteiger partial charge in [-0.25, -0.2) is 0 Å². The highest BCUT2D eigenvalue weighted by Crippen LogP contribution is 1.87. The van der Waals surface area contributed by atoms with Gasteiger partial charge in [0.1, 0.15) is 12.4 Å². The molecule has 0 bridgehead atoms. The second-order valence-corrected chi connectivity index (χ2v) is 1.65. The van der Waals surface area contributed by atoms with Gasteiger partial charge in [-0.05, 0) is 12.5 Å². The first-order valence-corrected chi connectivity index (χ1v) is 2.96. The number of hydrogen-bond acceptors (Lipinski definition) is 2. The van der Waals surface area contributed by atoms with Crippen molar-refractivity contribution in [2.75, 3.05) is 6.61 Å². The molecule has 0 aromatic heterocycles. The van der Waals surface area contributed by atoms with Gasteiger partial charge in [0, 0.05) is 0 Å². The fourth-order valence-electron chi connectivity index (χ4n) is 0.368. The van der Waals surface area contributed by atoms with E-state index in [1.807, 2.05) is 13.0 Å². The van der Waals surface area contributed by atoms with Gasteiger partial charge in [-0.15, -0.1) is 0 Å². The average Bonchev–Trinajstić information content (AvgIpc) is 1.89. The van der Waals surface area contributed by atoms with Crippen LogP contribution in [0.5, 0.6) is 0 Å². The zero-order chi connectivity index (χ0) is 7.11. The second-order valence-electron chi connectivity index (χ2n) is 1.65. The average molecular weight is 128 g/mol. The van der Waals surface area contributed by atoms with Crippen LogP contribution in [0.1, 0.15) is 13.3 Å². The van der Waals surface area contributed by atoms with Gasteiger partial charge < -0.3 is 10.2 Å². The highest BCUT2D eigenvalue weighted by atomic mass is 16.3. The van der Waals surface area contributed by atoms with Gasteiger partial charge in [0.05, 0.1) is 0 Å². The van der Waals surface area contributed by atoms with Crippen LogP contribution in [0, 0.1) is 0 Å². The highest BCUT2D eigenvalue weighted by molar-refractivity contribution is 5.06. The molecule has 0 rings (SSSR count). The van der Waals surface area contributed by atoms with Gasteiger partial charge >= 0.3 is 0 Å². The van der Waals surface area contributed by atoms with Crippen LogP contribution >= 0.6 is 0 Å². The quantitative estimate of drug-likeness (QED) is 0.445. The lowest BCUT2D eigenvalue weighted by Gasteiger charge is -1.86. The summed E-state index contributed by atoms with van der Waals surface area (Å²) in [6.07, 6.45) is 6.02. The molecule has 0 aromatic rings. The third-order valence-corrected chi connectivity index (χ3v) is 0.822. The third kappa shape index (κ3) is 5.11. The SMILES string of the molecule is CCC=CC=C(O)CO. The molecule has 0 spiro atoms. The van der Waals surface area contributed by atoms with Crippen molar-refractivity contribution in [3.63, 3.8) is 0 Å². The lowest BCUT2D eigenvalue weighted by atomic mass is 10.4.